The van der Waals surface area contributed by atoms with E-state index in [1.54, 1.807) is 36.4 Å². The Balaban J connectivity index is 1.47. The Labute approximate surface area is 223 Å². The van der Waals surface area contributed by atoms with Gasteiger partial charge in [0.2, 0.25) is 0 Å². The van der Waals surface area contributed by atoms with Crippen molar-refractivity contribution in [3.8, 4) is 5.75 Å². The van der Waals surface area contributed by atoms with E-state index in [1.165, 1.54) is 35.4 Å². The van der Waals surface area contributed by atoms with Gasteiger partial charge in [-0.25, -0.2) is 0 Å². The molecule has 5 rings (SSSR count). The maximum atomic E-state index is 13.2. The van der Waals surface area contributed by atoms with E-state index in [1.807, 2.05) is 31.2 Å². The van der Waals surface area contributed by atoms with Crippen molar-refractivity contribution in [2.75, 3.05) is 0 Å². The van der Waals surface area contributed by atoms with Crippen LogP contribution in [0.4, 0.5) is 5.69 Å². The number of nitrogens with zero attached hydrogens (tertiary/aromatic N) is 2. The molecule has 39 heavy (non-hydrogen) atoms. The summed E-state index contributed by atoms with van der Waals surface area (Å²) in [6.07, 6.45) is 1.45. The summed E-state index contributed by atoms with van der Waals surface area (Å²) in [5, 5.41) is 22.4. The number of nitro benzene ring substituents is 1. The third kappa shape index (κ3) is 5.28. The van der Waals surface area contributed by atoms with Gasteiger partial charge in [0.25, 0.3) is 17.4 Å². The number of carbonyl (C=O) groups is 2. The molecule has 196 valence electrons. The van der Waals surface area contributed by atoms with Gasteiger partial charge >= 0.3 is 0 Å². The number of aryl methyl sites for hydroxylation is 1. The van der Waals surface area contributed by atoms with Crippen molar-refractivity contribution in [3.05, 3.63) is 135 Å². The normalized spacial score (nSPS) is 16.4. The first-order valence-electron chi connectivity index (χ1n) is 12.2. The van der Waals surface area contributed by atoms with Crippen molar-refractivity contribution in [2.45, 2.75) is 26.1 Å². The molecule has 1 fully saturated rings. The van der Waals surface area contributed by atoms with E-state index < -0.39 is 22.7 Å². The molecule has 1 aromatic heterocycles. The van der Waals surface area contributed by atoms with Crippen LogP contribution < -0.4 is 4.74 Å². The van der Waals surface area contributed by atoms with Gasteiger partial charge < -0.3 is 19.2 Å². The fourth-order valence-corrected chi connectivity index (χ4v) is 4.57. The van der Waals surface area contributed by atoms with Crippen molar-refractivity contribution in [2.24, 2.45) is 0 Å². The summed E-state index contributed by atoms with van der Waals surface area (Å²) in [7, 11) is 0. The van der Waals surface area contributed by atoms with Crippen LogP contribution in [0.3, 0.4) is 0 Å². The zero-order chi connectivity index (χ0) is 27.5. The van der Waals surface area contributed by atoms with Gasteiger partial charge in [0, 0.05) is 17.7 Å². The number of Topliss-reactive ketones (excluding diaryl/α,β-unsaturated/α-hetero) is 1. The molecule has 1 N–H and O–H groups in total. The number of furan rings is 1. The lowest BCUT2D eigenvalue weighted by atomic mass is 9.95. The van der Waals surface area contributed by atoms with Gasteiger partial charge in [0.05, 0.1) is 29.3 Å². The monoisotopic (exact) mass is 524 g/mol. The van der Waals surface area contributed by atoms with Crippen molar-refractivity contribution < 1.29 is 28.8 Å². The highest BCUT2D eigenvalue weighted by atomic mass is 16.6. The second-order valence-electron chi connectivity index (χ2n) is 9.16. The largest absolute Gasteiger partial charge is 0.507 e. The van der Waals surface area contributed by atoms with E-state index in [2.05, 4.69) is 0 Å². The molecule has 9 heteroatoms. The molecule has 0 spiro atoms. The first-order valence-corrected chi connectivity index (χ1v) is 12.2. The smallest absolute Gasteiger partial charge is 0.296 e. The van der Waals surface area contributed by atoms with E-state index in [-0.39, 0.29) is 23.6 Å². The highest BCUT2D eigenvalue weighted by molar-refractivity contribution is 6.46. The lowest BCUT2D eigenvalue weighted by molar-refractivity contribution is -0.384. The summed E-state index contributed by atoms with van der Waals surface area (Å²) in [6.45, 7) is 2.34. The fourth-order valence-electron chi connectivity index (χ4n) is 4.57. The van der Waals surface area contributed by atoms with Crippen LogP contribution >= 0.6 is 0 Å². The topological polar surface area (TPSA) is 123 Å². The van der Waals surface area contributed by atoms with E-state index in [0.29, 0.717) is 29.2 Å². The van der Waals surface area contributed by atoms with Crippen LogP contribution in [0.25, 0.3) is 5.76 Å². The Morgan fingerprint density at radius 2 is 1.77 bits per heavy atom. The lowest BCUT2D eigenvalue weighted by Crippen LogP contribution is -2.29. The number of rotatable bonds is 8. The van der Waals surface area contributed by atoms with Crippen LogP contribution in [0.1, 0.15) is 34.1 Å². The third-order valence-electron chi connectivity index (χ3n) is 6.48. The first-order chi connectivity index (χ1) is 18.8. The third-order valence-corrected chi connectivity index (χ3v) is 6.48. The summed E-state index contributed by atoms with van der Waals surface area (Å²) >= 11 is 0. The number of carbonyl (C=O) groups excluding carboxylic acids is 2. The number of non-ortho nitro benzene ring substituents is 1. The summed E-state index contributed by atoms with van der Waals surface area (Å²) in [4.78, 5) is 38.2. The second kappa shape index (κ2) is 10.7. The molecule has 1 amide bonds. The number of ketones is 1. The molecule has 9 nitrogen and oxygen atoms in total. The molecule has 1 atom stereocenters. The summed E-state index contributed by atoms with van der Waals surface area (Å²) in [6, 6.07) is 22.4. The molecule has 0 bridgehead atoms. The highest BCUT2D eigenvalue weighted by Crippen LogP contribution is 2.41. The molecule has 0 unspecified atom stereocenters. The molecule has 0 saturated carbocycles. The molecule has 3 aromatic carbocycles. The number of hydrogen-bond donors (Lipinski definition) is 1. The molecule has 1 aliphatic heterocycles. The van der Waals surface area contributed by atoms with Crippen LogP contribution in [0.2, 0.25) is 0 Å². The second-order valence-corrected chi connectivity index (χ2v) is 9.16. The van der Waals surface area contributed by atoms with Gasteiger partial charge in [-0.3, -0.25) is 19.7 Å². The average Bonchev–Trinajstić information content (AvgIpc) is 3.54. The number of aliphatic hydroxyl groups is 1. The van der Waals surface area contributed by atoms with Gasteiger partial charge in [0.15, 0.2) is 0 Å². The van der Waals surface area contributed by atoms with Crippen LogP contribution in [-0.4, -0.2) is 26.6 Å². The van der Waals surface area contributed by atoms with E-state index >= 15 is 0 Å². The van der Waals surface area contributed by atoms with Gasteiger partial charge in [0.1, 0.15) is 23.9 Å². The molecule has 0 aliphatic carbocycles. The molecule has 2 heterocycles. The zero-order valence-corrected chi connectivity index (χ0v) is 20.9. The summed E-state index contributed by atoms with van der Waals surface area (Å²) in [5.41, 5.74) is 2.65. The molecule has 0 radical (unpaired) electrons. The predicted molar refractivity (Wildman–Crippen MR) is 142 cm³/mol. The minimum atomic E-state index is -0.979. The minimum Gasteiger partial charge on any atom is -0.507 e. The molecular formula is C30H24N2O7. The highest BCUT2D eigenvalue weighted by Gasteiger charge is 2.46. The summed E-state index contributed by atoms with van der Waals surface area (Å²) < 4.78 is 11.2. The molecular weight excluding hydrogens is 500 g/mol. The van der Waals surface area contributed by atoms with Gasteiger partial charge in [-0.1, -0.05) is 29.8 Å². The predicted octanol–water partition coefficient (Wildman–Crippen LogP) is 5.70. The van der Waals surface area contributed by atoms with Crippen molar-refractivity contribution in [1.82, 2.24) is 4.90 Å². The van der Waals surface area contributed by atoms with Crippen LogP contribution in [0.5, 0.6) is 5.75 Å². The molecule has 1 aliphatic rings. The Hall–Kier alpha value is -5.18. The number of hydrogen-bond acceptors (Lipinski definition) is 7. The van der Waals surface area contributed by atoms with Gasteiger partial charge in [-0.2, -0.15) is 0 Å². The lowest BCUT2D eigenvalue weighted by Gasteiger charge is -2.24. The Bertz CT molecular complexity index is 1560. The standard InChI is InChI=1S/C30H24N2O7/c1-19-4-2-5-20(16-19)18-39-24-13-9-22(10-14-24)28(33)26-27(21-7-11-23(12-8-21)32(36)37)31(30(35)29(26)34)17-25-6-3-15-38-25/h2-16,27,33H,17-18H2,1H3/b28-26+/t27-/m1/s1. The number of likely N-dealkylation sites (tertiary alicyclic amines) is 1. The number of ether oxygens (including phenoxy) is 1. The fraction of sp³-hybridized carbons (Fsp3) is 0.133. The average molecular weight is 525 g/mol. The number of benzene rings is 3. The molecule has 1 saturated heterocycles. The van der Waals surface area contributed by atoms with Crippen LogP contribution in [-0.2, 0) is 22.7 Å². The minimum absolute atomic E-state index is 0.0260. The first kappa shape index (κ1) is 25.5. The number of amides is 1. The van der Waals surface area contributed by atoms with Crippen LogP contribution in [0, 0.1) is 17.0 Å². The zero-order valence-electron chi connectivity index (χ0n) is 20.9. The number of aliphatic hydroxyl groups excluding tert-OH is 1. The Morgan fingerprint density at radius 3 is 2.41 bits per heavy atom. The van der Waals surface area contributed by atoms with Crippen LogP contribution in [0.15, 0.2) is 101 Å². The molecule has 4 aromatic rings. The van der Waals surface area contributed by atoms with E-state index in [0.717, 1.165) is 11.1 Å². The van der Waals surface area contributed by atoms with Crippen molar-refractivity contribution in [1.29, 1.82) is 0 Å². The SMILES string of the molecule is Cc1cccc(COc2ccc(/C(O)=C3\C(=O)C(=O)N(Cc4ccco4)[C@@H]3c3ccc([N+](=O)[O-])cc3)cc2)c1. The van der Waals surface area contributed by atoms with Crippen molar-refractivity contribution >= 4 is 23.1 Å². The van der Waals surface area contributed by atoms with E-state index in [4.69, 9.17) is 9.15 Å². The van der Waals surface area contributed by atoms with Gasteiger partial charge in [-0.15, -0.1) is 0 Å². The Morgan fingerprint density at radius 1 is 1.03 bits per heavy atom. The van der Waals surface area contributed by atoms with E-state index in [9.17, 15) is 24.8 Å². The van der Waals surface area contributed by atoms with Gasteiger partial charge in [-0.05, 0) is 66.6 Å². The Kier molecular flexibility index (Phi) is 6.96. The summed E-state index contributed by atoms with van der Waals surface area (Å²) in [5.74, 6) is -1.02. The maximum absolute atomic E-state index is 13.2. The number of nitro groups is 1. The maximum Gasteiger partial charge on any atom is 0.296 e. The quantitative estimate of drug-likeness (QED) is 0.103. The van der Waals surface area contributed by atoms with Crippen molar-refractivity contribution in [3.63, 3.8) is 0 Å².